The topological polar surface area (TPSA) is 92.8 Å². The standard InChI is InChI=1S/C16H10Cl4N2O5S/c17-9-5-7-10(8-6-9)27-15(24)21-14(16(18,19)20)22-13(23)11-3-1-2-4-12(11)28(22,25)26/h1-8,14H,(H,21,24)/t14-/m1/s1. The minimum atomic E-state index is -4.36. The Hall–Kier alpha value is -1.71. The summed E-state index contributed by atoms with van der Waals surface area (Å²) in [6.07, 6.45) is -3.00. The van der Waals surface area contributed by atoms with Crippen molar-refractivity contribution in [2.45, 2.75) is 14.9 Å². The molecule has 2 aromatic rings. The fourth-order valence-corrected chi connectivity index (χ4v) is 4.94. The van der Waals surface area contributed by atoms with Gasteiger partial charge in [0, 0.05) is 5.02 Å². The Bertz CT molecular complexity index is 1040. The van der Waals surface area contributed by atoms with Crippen LogP contribution in [0.3, 0.4) is 0 Å². The van der Waals surface area contributed by atoms with Crippen molar-refractivity contribution < 1.29 is 22.7 Å². The number of carbonyl (C=O) groups excluding carboxylic acids is 2. The SMILES string of the molecule is O=C(N[C@H](N1C(=O)c2ccccc2S1(=O)=O)C(Cl)(Cl)Cl)Oc1ccc(Cl)cc1. The van der Waals surface area contributed by atoms with Gasteiger partial charge in [0.2, 0.25) is 3.79 Å². The van der Waals surface area contributed by atoms with Crippen LogP contribution in [0.5, 0.6) is 5.75 Å². The van der Waals surface area contributed by atoms with Crippen molar-refractivity contribution in [3.63, 3.8) is 0 Å². The van der Waals surface area contributed by atoms with Crippen molar-refractivity contribution in [1.82, 2.24) is 9.62 Å². The molecule has 28 heavy (non-hydrogen) atoms. The highest BCUT2D eigenvalue weighted by molar-refractivity contribution is 7.90. The minimum Gasteiger partial charge on any atom is -0.410 e. The van der Waals surface area contributed by atoms with Crippen molar-refractivity contribution in [3.8, 4) is 5.75 Å². The number of nitrogens with zero attached hydrogens (tertiary/aromatic N) is 1. The highest BCUT2D eigenvalue weighted by Crippen LogP contribution is 2.39. The second kappa shape index (κ2) is 7.61. The molecule has 1 atom stereocenters. The van der Waals surface area contributed by atoms with E-state index < -0.39 is 32.0 Å². The number of benzene rings is 2. The van der Waals surface area contributed by atoms with Gasteiger partial charge < -0.3 is 4.74 Å². The minimum absolute atomic E-state index is 0.101. The van der Waals surface area contributed by atoms with E-state index in [1.807, 2.05) is 0 Å². The van der Waals surface area contributed by atoms with Gasteiger partial charge in [-0.15, -0.1) is 0 Å². The van der Waals surface area contributed by atoms with Crippen LogP contribution in [0.25, 0.3) is 0 Å². The first-order valence-corrected chi connectivity index (χ1v) is 10.5. The van der Waals surface area contributed by atoms with Gasteiger partial charge in [0.15, 0.2) is 6.17 Å². The predicted molar refractivity (Wildman–Crippen MR) is 104 cm³/mol. The Morgan fingerprint density at radius 1 is 1.07 bits per heavy atom. The van der Waals surface area contributed by atoms with Crippen molar-refractivity contribution in [2.24, 2.45) is 0 Å². The van der Waals surface area contributed by atoms with Crippen LogP contribution < -0.4 is 10.1 Å². The van der Waals surface area contributed by atoms with E-state index in [9.17, 15) is 18.0 Å². The van der Waals surface area contributed by atoms with Gasteiger partial charge in [0.05, 0.1) is 5.56 Å². The normalized spacial score (nSPS) is 16.4. The largest absolute Gasteiger partial charge is 0.414 e. The maximum Gasteiger partial charge on any atom is 0.414 e. The number of hydrogen-bond acceptors (Lipinski definition) is 5. The van der Waals surface area contributed by atoms with Gasteiger partial charge in [-0.1, -0.05) is 58.5 Å². The molecule has 0 aliphatic carbocycles. The molecule has 12 heteroatoms. The molecule has 0 unspecified atom stereocenters. The predicted octanol–water partition coefficient (Wildman–Crippen LogP) is 3.97. The zero-order chi connectivity index (χ0) is 20.7. The molecule has 1 aliphatic heterocycles. The Kier molecular flexibility index (Phi) is 5.71. The summed E-state index contributed by atoms with van der Waals surface area (Å²) in [7, 11) is -4.36. The summed E-state index contributed by atoms with van der Waals surface area (Å²) in [5.41, 5.74) is -0.102. The molecule has 148 valence electrons. The lowest BCUT2D eigenvalue weighted by atomic mass is 10.2. The van der Waals surface area contributed by atoms with Crippen LogP contribution in [0.15, 0.2) is 53.4 Å². The smallest absolute Gasteiger partial charge is 0.410 e. The van der Waals surface area contributed by atoms with Crippen LogP contribution >= 0.6 is 46.4 Å². The lowest BCUT2D eigenvalue weighted by Crippen LogP contribution is -2.57. The van der Waals surface area contributed by atoms with Crippen molar-refractivity contribution >= 4 is 68.4 Å². The van der Waals surface area contributed by atoms with E-state index >= 15 is 0 Å². The fraction of sp³-hybridized carbons (Fsp3) is 0.125. The highest BCUT2D eigenvalue weighted by atomic mass is 35.6. The molecule has 0 radical (unpaired) electrons. The fourth-order valence-electron chi connectivity index (χ4n) is 2.48. The number of nitrogens with one attached hydrogen (secondary N) is 1. The van der Waals surface area contributed by atoms with Gasteiger partial charge >= 0.3 is 6.09 Å². The van der Waals surface area contributed by atoms with Gasteiger partial charge in [-0.2, -0.15) is 0 Å². The van der Waals surface area contributed by atoms with Gasteiger partial charge in [-0.25, -0.2) is 17.5 Å². The molecular formula is C16H10Cl4N2O5S. The summed E-state index contributed by atoms with van der Waals surface area (Å²) < 4.78 is 28.5. The van der Waals surface area contributed by atoms with E-state index in [1.54, 1.807) is 0 Å². The van der Waals surface area contributed by atoms with Gasteiger partial charge in [0.1, 0.15) is 10.6 Å². The monoisotopic (exact) mass is 482 g/mol. The number of sulfonamides is 1. The molecule has 0 fully saturated rings. The van der Waals surface area contributed by atoms with Crippen LogP contribution in [0.2, 0.25) is 5.02 Å². The maximum atomic E-state index is 12.8. The second-order valence-electron chi connectivity index (χ2n) is 5.53. The van der Waals surface area contributed by atoms with E-state index in [0.717, 1.165) is 0 Å². The molecule has 1 heterocycles. The third-order valence-electron chi connectivity index (χ3n) is 3.68. The maximum absolute atomic E-state index is 12.8. The van der Waals surface area contributed by atoms with Crippen LogP contribution in [0, 0.1) is 0 Å². The molecule has 3 rings (SSSR count). The van der Waals surface area contributed by atoms with Crippen molar-refractivity contribution in [2.75, 3.05) is 0 Å². The third-order valence-corrected chi connectivity index (χ3v) is 6.36. The summed E-state index contributed by atoms with van der Waals surface area (Å²) in [6.45, 7) is 0. The lowest BCUT2D eigenvalue weighted by molar-refractivity contribution is 0.0816. The van der Waals surface area contributed by atoms with E-state index in [-0.39, 0.29) is 16.2 Å². The number of ether oxygens (including phenoxy) is 1. The van der Waals surface area contributed by atoms with Crippen molar-refractivity contribution in [1.29, 1.82) is 0 Å². The Morgan fingerprint density at radius 3 is 2.25 bits per heavy atom. The van der Waals surface area contributed by atoms with Gasteiger partial charge in [-0.05, 0) is 36.4 Å². The Balaban J connectivity index is 1.90. The molecule has 1 N–H and O–H groups in total. The van der Waals surface area contributed by atoms with E-state index in [1.165, 1.54) is 48.5 Å². The number of hydrogen-bond donors (Lipinski definition) is 1. The quantitative estimate of drug-likeness (QED) is 0.666. The number of rotatable bonds is 3. The van der Waals surface area contributed by atoms with Crippen LogP contribution in [-0.4, -0.2) is 34.7 Å². The van der Waals surface area contributed by atoms with Crippen LogP contribution in [-0.2, 0) is 10.0 Å². The zero-order valence-corrected chi connectivity index (χ0v) is 17.4. The first-order valence-electron chi connectivity index (χ1n) is 7.50. The number of amides is 2. The average Bonchev–Trinajstić information content (AvgIpc) is 2.81. The Morgan fingerprint density at radius 2 is 1.68 bits per heavy atom. The molecule has 0 spiro atoms. The third kappa shape index (κ3) is 4.01. The first kappa shape index (κ1) is 21.0. The number of alkyl halides is 3. The molecule has 2 amide bonds. The van der Waals surface area contributed by atoms with E-state index in [4.69, 9.17) is 51.1 Å². The van der Waals surface area contributed by atoms with E-state index in [0.29, 0.717) is 9.33 Å². The van der Waals surface area contributed by atoms with E-state index in [2.05, 4.69) is 5.32 Å². The Labute approximate surface area is 180 Å². The second-order valence-corrected chi connectivity index (χ2v) is 10.1. The van der Waals surface area contributed by atoms with Gasteiger partial charge in [-0.3, -0.25) is 10.1 Å². The lowest BCUT2D eigenvalue weighted by Gasteiger charge is -2.31. The summed E-state index contributed by atoms with van der Waals surface area (Å²) >= 11 is 23.4. The average molecular weight is 484 g/mol. The summed E-state index contributed by atoms with van der Waals surface area (Å²) in [5, 5.41) is 2.53. The molecule has 7 nitrogen and oxygen atoms in total. The molecule has 1 aliphatic rings. The number of fused-ring (bicyclic) bond motifs is 1. The molecule has 2 aromatic carbocycles. The van der Waals surface area contributed by atoms with Crippen molar-refractivity contribution in [3.05, 3.63) is 59.1 Å². The van der Waals surface area contributed by atoms with Crippen LogP contribution in [0.1, 0.15) is 10.4 Å². The first-order chi connectivity index (χ1) is 13.0. The molecule has 0 saturated carbocycles. The zero-order valence-electron chi connectivity index (χ0n) is 13.6. The molecule has 0 bridgehead atoms. The molecule has 0 aromatic heterocycles. The summed E-state index contributed by atoms with van der Waals surface area (Å²) in [6, 6.07) is 11.2. The molecular weight excluding hydrogens is 474 g/mol. The van der Waals surface area contributed by atoms with Gasteiger partial charge in [0.25, 0.3) is 15.9 Å². The summed E-state index contributed by atoms with van der Waals surface area (Å²) in [5.74, 6) is -0.845. The molecule has 0 saturated heterocycles. The van der Waals surface area contributed by atoms with Crippen LogP contribution in [0.4, 0.5) is 4.79 Å². The number of halogens is 4. The number of carbonyl (C=O) groups is 2. The highest BCUT2D eigenvalue weighted by Gasteiger charge is 2.52. The summed E-state index contributed by atoms with van der Waals surface area (Å²) in [4.78, 5) is 24.6.